The number of amides is 2. The maximum Gasteiger partial charge on any atom is 0.277 e. The van der Waals surface area contributed by atoms with Crippen molar-refractivity contribution in [3.05, 3.63) is 45.5 Å². The molecular formula is C24H31N5O3. The number of rotatable bonds is 4. The SMILES string of the molecule is CCC(=O)N1CCc2nc3cc(C4CCN(C(=O)C[C@@H]5C=CCC5)CC4)[nH]n3c(=O)c2C1. The van der Waals surface area contributed by atoms with Crippen molar-refractivity contribution in [2.45, 2.75) is 64.3 Å². The molecule has 2 amide bonds. The summed E-state index contributed by atoms with van der Waals surface area (Å²) < 4.78 is 1.53. The topological polar surface area (TPSA) is 90.8 Å². The van der Waals surface area contributed by atoms with Gasteiger partial charge in [-0.15, -0.1) is 0 Å². The largest absolute Gasteiger partial charge is 0.343 e. The van der Waals surface area contributed by atoms with Crippen LogP contribution in [0.25, 0.3) is 5.65 Å². The van der Waals surface area contributed by atoms with E-state index < -0.39 is 0 Å². The number of nitrogens with one attached hydrogen (secondary N) is 1. The van der Waals surface area contributed by atoms with Crippen LogP contribution in [0.15, 0.2) is 23.0 Å². The highest BCUT2D eigenvalue weighted by Crippen LogP contribution is 2.29. The molecule has 1 aliphatic carbocycles. The molecule has 2 aromatic rings. The molecule has 1 fully saturated rings. The number of carbonyl (C=O) groups excluding carboxylic acids is 2. The summed E-state index contributed by atoms with van der Waals surface area (Å²) in [5.74, 6) is 1.01. The van der Waals surface area contributed by atoms with E-state index in [9.17, 15) is 14.4 Å². The lowest BCUT2D eigenvalue weighted by atomic mass is 9.93. The molecule has 5 rings (SSSR count). The van der Waals surface area contributed by atoms with Crippen LogP contribution >= 0.6 is 0 Å². The summed E-state index contributed by atoms with van der Waals surface area (Å²) in [7, 11) is 0. The monoisotopic (exact) mass is 437 g/mol. The van der Waals surface area contributed by atoms with Gasteiger partial charge in [0, 0.05) is 56.6 Å². The lowest BCUT2D eigenvalue weighted by Gasteiger charge is -2.32. The van der Waals surface area contributed by atoms with Gasteiger partial charge in [0.2, 0.25) is 11.8 Å². The predicted octanol–water partition coefficient (Wildman–Crippen LogP) is 2.38. The van der Waals surface area contributed by atoms with Gasteiger partial charge in [-0.05, 0) is 31.6 Å². The summed E-state index contributed by atoms with van der Waals surface area (Å²) in [4.78, 5) is 46.3. The van der Waals surface area contributed by atoms with Gasteiger partial charge in [-0.3, -0.25) is 19.5 Å². The van der Waals surface area contributed by atoms with Crippen molar-refractivity contribution in [3.8, 4) is 0 Å². The summed E-state index contributed by atoms with van der Waals surface area (Å²) in [5.41, 5.74) is 2.96. The molecule has 3 aliphatic rings. The molecule has 0 aromatic carbocycles. The molecule has 1 saturated heterocycles. The highest BCUT2D eigenvalue weighted by molar-refractivity contribution is 5.77. The van der Waals surface area contributed by atoms with E-state index in [2.05, 4.69) is 17.3 Å². The molecular weight excluding hydrogens is 406 g/mol. The average molecular weight is 438 g/mol. The number of nitrogens with zero attached hydrogens (tertiary/aromatic N) is 4. The van der Waals surface area contributed by atoms with Gasteiger partial charge in [-0.1, -0.05) is 19.1 Å². The third kappa shape index (κ3) is 3.87. The number of aromatic nitrogens is 3. The second-order valence-electron chi connectivity index (χ2n) is 9.29. The minimum atomic E-state index is -0.109. The minimum absolute atomic E-state index is 0.0672. The summed E-state index contributed by atoms with van der Waals surface area (Å²) >= 11 is 0. The van der Waals surface area contributed by atoms with Crippen molar-refractivity contribution < 1.29 is 9.59 Å². The van der Waals surface area contributed by atoms with Gasteiger partial charge in [-0.2, -0.15) is 0 Å². The van der Waals surface area contributed by atoms with Crippen LogP contribution in [0.4, 0.5) is 0 Å². The predicted molar refractivity (Wildman–Crippen MR) is 120 cm³/mol. The van der Waals surface area contributed by atoms with Crippen molar-refractivity contribution in [3.63, 3.8) is 0 Å². The van der Waals surface area contributed by atoms with E-state index in [-0.39, 0.29) is 23.3 Å². The number of fused-ring (bicyclic) bond motifs is 2. The molecule has 8 nitrogen and oxygen atoms in total. The summed E-state index contributed by atoms with van der Waals surface area (Å²) in [6.07, 6.45) is 9.97. The van der Waals surface area contributed by atoms with Gasteiger partial charge in [-0.25, -0.2) is 9.50 Å². The summed E-state index contributed by atoms with van der Waals surface area (Å²) in [5, 5.41) is 3.27. The van der Waals surface area contributed by atoms with Crippen LogP contribution in [0.1, 0.15) is 68.3 Å². The van der Waals surface area contributed by atoms with E-state index in [1.165, 1.54) is 4.52 Å². The lowest BCUT2D eigenvalue weighted by Crippen LogP contribution is -2.40. The van der Waals surface area contributed by atoms with E-state index in [4.69, 9.17) is 4.98 Å². The Bertz CT molecular complexity index is 1120. The maximum atomic E-state index is 13.1. The molecule has 32 heavy (non-hydrogen) atoms. The molecule has 0 bridgehead atoms. The van der Waals surface area contributed by atoms with Crippen molar-refractivity contribution in [1.29, 1.82) is 0 Å². The molecule has 0 spiro atoms. The normalized spacial score (nSPS) is 21.3. The quantitative estimate of drug-likeness (QED) is 0.744. The highest BCUT2D eigenvalue weighted by atomic mass is 16.2. The molecule has 2 aromatic heterocycles. The van der Waals surface area contributed by atoms with Crippen molar-refractivity contribution in [2.75, 3.05) is 19.6 Å². The Hall–Kier alpha value is -2.90. The fraction of sp³-hybridized carbons (Fsp3) is 0.583. The molecule has 170 valence electrons. The first-order chi connectivity index (χ1) is 15.5. The molecule has 2 aliphatic heterocycles. The number of likely N-dealkylation sites (tertiary alicyclic amines) is 1. The van der Waals surface area contributed by atoms with E-state index in [0.29, 0.717) is 49.5 Å². The summed E-state index contributed by atoms with van der Waals surface area (Å²) in [6.45, 7) is 4.29. The van der Waals surface area contributed by atoms with E-state index in [0.717, 1.165) is 50.2 Å². The average Bonchev–Trinajstić information content (AvgIpc) is 3.48. The van der Waals surface area contributed by atoms with E-state index in [1.54, 1.807) is 4.90 Å². The van der Waals surface area contributed by atoms with Gasteiger partial charge in [0.1, 0.15) is 0 Å². The third-order valence-electron chi connectivity index (χ3n) is 7.27. The zero-order valence-electron chi connectivity index (χ0n) is 18.7. The Morgan fingerprint density at radius 1 is 1.12 bits per heavy atom. The second kappa shape index (κ2) is 8.56. The van der Waals surface area contributed by atoms with Crippen LogP contribution < -0.4 is 5.56 Å². The fourth-order valence-electron chi connectivity index (χ4n) is 5.30. The number of piperidine rings is 1. The number of carbonyl (C=O) groups is 2. The first kappa shape index (κ1) is 21.0. The Kier molecular flexibility index (Phi) is 5.61. The Morgan fingerprint density at radius 2 is 1.94 bits per heavy atom. The van der Waals surface area contributed by atoms with Crippen LogP contribution in [0.5, 0.6) is 0 Å². The fourth-order valence-corrected chi connectivity index (χ4v) is 5.30. The zero-order chi connectivity index (χ0) is 22.2. The van der Waals surface area contributed by atoms with Crippen molar-refractivity contribution in [1.82, 2.24) is 24.4 Å². The van der Waals surface area contributed by atoms with Gasteiger partial charge in [0.05, 0.1) is 17.8 Å². The van der Waals surface area contributed by atoms with Crippen LogP contribution in [-0.2, 0) is 22.6 Å². The molecule has 0 radical (unpaired) electrons. The number of hydrogen-bond donors (Lipinski definition) is 1. The van der Waals surface area contributed by atoms with E-state index >= 15 is 0 Å². The summed E-state index contributed by atoms with van der Waals surface area (Å²) in [6, 6.07) is 1.98. The Morgan fingerprint density at radius 3 is 2.66 bits per heavy atom. The number of hydrogen-bond acceptors (Lipinski definition) is 4. The standard InChI is InChI=1S/C24H31N5O3/c1-2-22(30)28-12-9-19-18(15-28)24(32)29-21(25-19)14-20(26-29)17-7-10-27(11-8-17)23(31)13-16-5-3-4-6-16/h3,5,14,16-17,26H,2,4,6-13,15H2,1H3/t16-/m1/s1. The van der Waals surface area contributed by atoms with Crippen molar-refractivity contribution in [2.24, 2.45) is 5.92 Å². The Labute approximate surface area is 187 Å². The molecule has 0 saturated carbocycles. The van der Waals surface area contributed by atoms with Crippen LogP contribution in [0.2, 0.25) is 0 Å². The number of allylic oxidation sites excluding steroid dienone is 2. The zero-order valence-corrected chi connectivity index (χ0v) is 18.7. The van der Waals surface area contributed by atoms with Crippen LogP contribution in [0, 0.1) is 5.92 Å². The Balaban J connectivity index is 1.29. The minimum Gasteiger partial charge on any atom is -0.343 e. The number of H-pyrrole nitrogens is 1. The van der Waals surface area contributed by atoms with Gasteiger partial charge >= 0.3 is 0 Å². The van der Waals surface area contributed by atoms with Crippen LogP contribution in [-0.4, -0.2) is 55.8 Å². The van der Waals surface area contributed by atoms with Gasteiger partial charge < -0.3 is 9.80 Å². The molecule has 1 atom stereocenters. The maximum absolute atomic E-state index is 13.1. The van der Waals surface area contributed by atoms with E-state index in [1.807, 2.05) is 17.9 Å². The first-order valence-electron chi connectivity index (χ1n) is 11.9. The molecule has 8 heteroatoms. The number of aromatic amines is 1. The molecule has 0 unspecified atom stereocenters. The lowest BCUT2D eigenvalue weighted by molar-refractivity contribution is -0.133. The molecule has 4 heterocycles. The van der Waals surface area contributed by atoms with Crippen LogP contribution in [0.3, 0.4) is 0 Å². The third-order valence-corrected chi connectivity index (χ3v) is 7.27. The van der Waals surface area contributed by atoms with Gasteiger partial charge in [0.25, 0.3) is 5.56 Å². The van der Waals surface area contributed by atoms with Gasteiger partial charge in [0.15, 0.2) is 5.65 Å². The smallest absolute Gasteiger partial charge is 0.277 e. The highest BCUT2D eigenvalue weighted by Gasteiger charge is 2.28. The second-order valence-corrected chi connectivity index (χ2v) is 9.29. The molecule has 1 N–H and O–H groups in total. The first-order valence-corrected chi connectivity index (χ1v) is 11.9. The van der Waals surface area contributed by atoms with Crippen molar-refractivity contribution >= 4 is 17.5 Å².